The van der Waals surface area contributed by atoms with Gasteiger partial charge in [0.05, 0.1) is 13.2 Å². The predicted molar refractivity (Wildman–Crippen MR) is 91.3 cm³/mol. The monoisotopic (exact) mass is 351 g/mol. The smallest absolute Gasteiger partial charge is 0.397 e. The maximum atomic E-state index is 12.4. The quantitative estimate of drug-likeness (QED) is 0.586. The number of hydrogen-bond acceptors (Lipinski definition) is 4. The third kappa shape index (κ3) is 5.08. The van der Waals surface area contributed by atoms with Gasteiger partial charge >= 0.3 is 11.9 Å². The van der Waals surface area contributed by atoms with E-state index in [1.54, 1.807) is 6.07 Å². The van der Waals surface area contributed by atoms with E-state index in [-0.39, 0.29) is 13.2 Å². The molecule has 1 aromatic carbocycles. The molecule has 0 unspecified atom stereocenters. The maximum Gasteiger partial charge on any atom is 0.397 e. The topological polar surface area (TPSA) is 46.6 Å². The number of rotatable bonds is 6. The minimum absolute atomic E-state index is 0.240. The van der Waals surface area contributed by atoms with Crippen LogP contribution >= 0.6 is 22.9 Å². The van der Waals surface area contributed by atoms with Gasteiger partial charge in [0.2, 0.25) is 0 Å². The van der Waals surface area contributed by atoms with Crippen LogP contribution in [0.5, 0.6) is 0 Å². The highest BCUT2D eigenvalue weighted by molar-refractivity contribution is 7.09. The molecule has 2 rings (SSSR count). The van der Waals surface area contributed by atoms with Crippen LogP contribution < -0.4 is 0 Å². The predicted octanol–water partition coefficient (Wildman–Crippen LogP) is 3.88. The number of nitrogens with zero attached hydrogens (tertiary/aromatic N) is 1. The Morgan fingerprint density at radius 1 is 1.17 bits per heavy atom. The van der Waals surface area contributed by atoms with Gasteiger partial charge in [-0.1, -0.05) is 42.8 Å². The number of ether oxygens (including phenoxy) is 1. The molecule has 0 aliphatic heterocycles. The van der Waals surface area contributed by atoms with Gasteiger partial charge < -0.3 is 9.64 Å². The van der Waals surface area contributed by atoms with Crippen molar-refractivity contribution in [1.82, 2.24) is 4.90 Å². The molecule has 1 aromatic heterocycles. The van der Waals surface area contributed by atoms with Crippen molar-refractivity contribution in [2.45, 2.75) is 26.4 Å². The fourth-order valence-corrected chi connectivity index (χ4v) is 2.92. The third-order valence-corrected chi connectivity index (χ3v) is 4.37. The van der Waals surface area contributed by atoms with Crippen LogP contribution in [0.1, 0.15) is 23.8 Å². The largest absolute Gasteiger partial charge is 0.459 e. The molecule has 122 valence electrons. The van der Waals surface area contributed by atoms with Gasteiger partial charge in [0.1, 0.15) is 0 Å². The highest BCUT2D eigenvalue weighted by atomic mass is 35.5. The van der Waals surface area contributed by atoms with Gasteiger partial charge in [-0.2, -0.15) is 0 Å². The summed E-state index contributed by atoms with van der Waals surface area (Å²) in [6.45, 7) is 2.73. The molecular weight excluding hydrogens is 334 g/mol. The van der Waals surface area contributed by atoms with Crippen LogP contribution in [0.2, 0.25) is 5.02 Å². The molecule has 0 bridgehead atoms. The first kappa shape index (κ1) is 17.5. The first-order chi connectivity index (χ1) is 11.1. The van der Waals surface area contributed by atoms with Gasteiger partial charge in [0, 0.05) is 16.4 Å². The number of thiophene rings is 1. The zero-order valence-electron chi connectivity index (χ0n) is 12.8. The van der Waals surface area contributed by atoms with E-state index in [0.29, 0.717) is 18.0 Å². The summed E-state index contributed by atoms with van der Waals surface area (Å²) < 4.78 is 4.96. The molecule has 2 aromatic rings. The van der Waals surface area contributed by atoms with E-state index in [1.807, 2.05) is 42.6 Å². The molecule has 0 radical (unpaired) electrons. The molecule has 6 heteroatoms. The van der Waals surface area contributed by atoms with E-state index in [4.69, 9.17) is 16.3 Å². The fraction of sp³-hybridized carbons (Fsp3) is 0.294. The molecule has 0 saturated carbocycles. The number of carbonyl (C=O) groups is 2. The molecule has 4 nitrogen and oxygen atoms in total. The number of esters is 1. The summed E-state index contributed by atoms with van der Waals surface area (Å²) in [5.41, 5.74) is 0.794. The molecule has 23 heavy (non-hydrogen) atoms. The molecule has 0 saturated heterocycles. The van der Waals surface area contributed by atoms with E-state index in [9.17, 15) is 9.59 Å². The van der Waals surface area contributed by atoms with Crippen LogP contribution in [0.3, 0.4) is 0 Å². The van der Waals surface area contributed by atoms with Crippen LogP contribution in [-0.4, -0.2) is 23.4 Å². The Bertz CT molecular complexity index is 658. The van der Waals surface area contributed by atoms with Gasteiger partial charge in [-0.15, -0.1) is 11.3 Å². The summed E-state index contributed by atoms with van der Waals surface area (Å²) in [5, 5.41) is 2.50. The Hall–Kier alpha value is -1.85. The molecule has 0 atom stereocenters. The van der Waals surface area contributed by atoms with E-state index >= 15 is 0 Å². The average Bonchev–Trinajstić information content (AvgIpc) is 3.06. The zero-order valence-corrected chi connectivity index (χ0v) is 14.4. The van der Waals surface area contributed by atoms with Crippen LogP contribution in [0.15, 0.2) is 41.8 Å². The lowest BCUT2D eigenvalue weighted by molar-refractivity contribution is -0.160. The van der Waals surface area contributed by atoms with Gasteiger partial charge in [-0.3, -0.25) is 4.79 Å². The number of carbonyl (C=O) groups excluding carboxylic acids is 2. The van der Waals surface area contributed by atoms with Gasteiger partial charge in [0.15, 0.2) is 0 Å². The second-order valence-electron chi connectivity index (χ2n) is 4.97. The van der Waals surface area contributed by atoms with Crippen molar-refractivity contribution in [3.63, 3.8) is 0 Å². The molecule has 0 aliphatic carbocycles. The lowest BCUT2D eigenvalue weighted by Gasteiger charge is -2.21. The van der Waals surface area contributed by atoms with Crippen molar-refractivity contribution < 1.29 is 14.3 Å². The van der Waals surface area contributed by atoms with Crippen molar-refractivity contribution >= 4 is 34.8 Å². The summed E-state index contributed by atoms with van der Waals surface area (Å²) >= 11 is 7.70. The van der Waals surface area contributed by atoms with E-state index in [0.717, 1.165) is 10.4 Å². The second kappa shape index (κ2) is 8.70. The van der Waals surface area contributed by atoms with Crippen LogP contribution in [0.25, 0.3) is 0 Å². The van der Waals surface area contributed by atoms with Crippen molar-refractivity contribution in [2.24, 2.45) is 0 Å². The number of benzene rings is 1. The molecule has 0 N–H and O–H groups in total. The second-order valence-corrected chi connectivity index (χ2v) is 6.41. The van der Waals surface area contributed by atoms with E-state index in [2.05, 4.69) is 0 Å². The normalized spacial score (nSPS) is 10.3. The molecule has 1 heterocycles. The standard InChI is InChI=1S/C17H18ClNO3S/c1-2-9-22-17(21)16(20)19(12-14-7-5-10-23-14)11-13-6-3-4-8-15(13)18/h3-8,10H,2,9,11-12H2,1H3. The first-order valence-corrected chi connectivity index (χ1v) is 8.59. The van der Waals surface area contributed by atoms with Crippen molar-refractivity contribution in [2.75, 3.05) is 6.61 Å². The minimum atomic E-state index is -0.824. The average molecular weight is 352 g/mol. The van der Waals surface area contributed by atoms with Gasteiger partial charge in [0.25, 0.3) is 0 Å². The summed E-state index contributed by atoms with van der Waals surface area (Å²) in [7, 11) is 0. The van der Waals surface area contributed by atoms with Crippen molar-refractivity contribution in [3.8, 4) is 0 Å². The third-order valence-electron chi connectivity index (χ3n) is 3.14. The van der Waals surface area contributed by atoms with E-state index in [1.165, 1.54) is 16.2 Å². The Labute approximate surface area is 144 Å². The van der Waals surface area contributed by atoms with Crippen LogP contribution in [-0.2, 0) is 27.4 Å². The Morgan fingerprint density at radius 2 is 1.96 bits per heavy atom. The molecule has 0 spiro atoms. The minimum Gasteiger partial charge on any atom is -0.459 e. The van der Waals surface area contributed by atoms with Crippen LogP contribution in [0.4, 0.5) is 0 Å². The van der Waals surface area contributed by atoms with Gasteiger partial charge in [-0.05, 0) is 29.5 Å². The number of amides is 1. The molecule has 0 fully saturated rings. The number of hydrogen-bond donors (Lipinski definition) is 0. The lowest BCUT2D eigenvalue weighted by Crippen LogP contribution is -2.36. The highest BCUT2D eigenvalue weighted by Gasteiger charge is 2.24. The maximum absolute atomic E-state index is 12.4. The van der Waals surface area contributed by atoms with Crippen molar-refractivity contribution in [3.05, 3.63) is 57.2 Å². The number of halogens is 1. The summed E-state index contributed by atoms with van der Waals surface area (Å²) in [6.07, 6.45) is 0.675. The lowest BCUT2D eigenvalue weighted by atomic mass is 10.2. The van der Waals surface area contributed by atoms with Gasteiger partial charge in [-0.25, -0.2) is 4.79 Å². The SMILES string of the molecule is CCCOC(=O)C(=O)N(Cc1cccs1)Cc1ccccc1Cl. The summed E-state index contributed by atoms with van der Waals surface area (Å²) in [5.74, 6) is -1.47. The highest BCUT2D eigenvalue weighted by Crippen LogP contribution is 2.20. The van der Waals surface area contributed by atoms with E-state index < -0.39 is 11.9 Å². The van der Waals surface area contributed by atoms with Crippen molar-refractivity contribution in [1.29, 1.82) is 0 Å². The summed E-state index contributed by atoms with van der Waals surface area (Å²) in [4.78, 5) is 26.8. The molecule has 1 amide bonds. The fourth-order valence-electron chi connectivity index (χ4n) is 2.01. The molecular formula is C17H18ClNO3S. The summed E-state index contributed by atoms with van der Waals surface area (Å²) in [6, 6.07) is 11.1. The Morgan fingerprint density at radius 3 is 2.61 bits per heavy atom. The first-order valence-electron chi connectivity index (χ1n) is 7.33. The van der Waals surface area contributed by atoms with Crippen LogP contribution in [0, 0.1) is 0 Å². The molecule has 0 aliphatic rings. The zero-order chi connectivity index (χ0) is 16.7. The Balaban J connectivity index is 2.16. The Kier molecular flexibility index (Phi) is 6.62.